The molecule has 0 aliphatic heterocycles. The van der Waals surface area contributed by atoms with E-state index in [1.54, 1.807) is 30.5 Å². The van der Waals surface area contributed by atoms with E-state index in [4.69, 9.17) is 16.0 Å². The van der Waals surface area contributed by atoms with Crippen molar-refractivity contribution < 1.29 is 49.2 Å². The lowest BCUT2D eigenvalue weighted by Gasteiger charge is -2.28. The number of aromatic hydroxyl groups is 2. The van der Waals surface area contributed by atoms with Crippen molar-refractivity contribution >= 4 is 34.8 Å². The van der Waals surface area contributed by atoms with E-state index in [0.29, 0.717) is 43.4 Å². The number of aromatic amines is 1. The predicted octanol–water partition coefficient (Wildman–Crippen LogP) is 1.85. The van der Waals surface area contributed by atoms with Crippen LogP contribution in [0.2, 0.25) is 0 Å². The van der Waals surface area contributed by atoms with Gasteiger partial charge in [-0.2, -0.15) is 4.98 Å². The molecule has 0 aliphatic rings. The third-order valence-electron chi connectivity index (χ3n) is 9.60. The van der Waals surface area contributed by atoms with E-state index in [-0.39, 0.29) is 36.1 Å². The number of hydrogen-bond donors (Lipinski definition) is 12. The largest absolute Gasteiger partial charge is 0.508 e. The molecule has 0 saturated carbocycles. The van der Waals surface area contributed by atoms with E-state index >= 15 is 0 Å². The molecule has 19 heteroatoms. The summed E-state index contributed by atoms with van der Waals surface area (Å²) in [5.74, 6) is -3.35. The number of carbonyl (C=O) groups excluding carboxylic acids is 2. The van der Waals surface area contributed by atoms with Gasteiger partial charge in [-0.1, -0.05) is 47.6 Å². The molecule has 14 N–H and O–H groups in total. The zero-order chi connectivity index (χ0) is 42.5. The predicted molar refractivity (Wildman–Crippen MR) is 213 cm³/mol. The van der Waals surface area contributed by atoms with Gasteiger partial charge in [0.05, 0.1) is 18.5 Å². The van der Waals surface area contributed by atoms with Crippen LogP contribution in [-0.4, -0.2) is 95.4 Å². The Kier molecular flexibility index (Phi) is 15.3. The first-order chi connectivity index (χ1) is 28.3. The van der Waals surface area contributed by atoms with Crippen LogP contribution in [0.4, 0.5) is 4.79 Å². The Bertz CT molecular complexity index is 2160. The smallest absolute Gasteiger partial charge is 0.321 e. The van der Waals surface area contributed by atoms with Gasteiger partial charge in [0, 0.05) is 29.9 Å². The maximum Gasteiger partial charge on any atom is 0.321 e. The van der Waals surface area contributed by atoms with Gasteiger partial charge in [-0.15, -0.1) is 0 Å². The molecule has 314 valence electrons. The molecule has 0 aliphatic carbocycles. The number of aromatic nitrogens is 3. The maximum atomic E-state index is 13.9. The van der Waals surface area contributed by atoms with E-state index in [9.17, 15) is 44.7 Å². The third-order valence-corrected chi connectivity index (χ3v) is 9.60. The van der Waals surface area contributed by atoms with Crippen molar-refractivity contribution in [2.75, 3.05) is 6.54 Å². The van der Waals surface area contributed by atoms with Crippen LogP contribution >= 0.6 is 0 Å². The first-order valence-electron chi connectivity index (χ1n) is 19.0. The second-order valence-electron chi connectivity index (χ2n) is 14.1. The zero-order valence-electron chi connectivity index (χ0n) is 32.0. The average molecular weight is 816 g/mol. The number of carboxylic acids is 2. The average Bonchev–Trinajstić information content (AvgIpc) is 3.86. The van der Waals surface area contributed by atoms with Crippen LogP contribution in [0.5, 0.6) is 11.5 Å². The molecule has 1 unspecified atom stereocenters. The number of nitrogens with two attached hydrogens (primary N) is 2. The maximum absolute atomic E-state index is 13.9. The van der Waals surface area contributed by atoms with Crippen LogP contribution in [0.15, 0.2) is 83.5 Å². The normalized spacial score (nSPS) is 14.4. The Morgan fingerprint density at radius 3 is 2.12 bits per heavy atom. The lowest BCUT2D eigenvalue weighted by Crippen LogP contribution is -2.59. The Morgan fingerprint density at radius 2 is 1.47 bits per heavy atom. The van der Waals surface area contributed by atoms with E-state index < -0.39 is 66.7 Å². The summed E-state index contributed by atoms with van der Waals surface area (Å²) in [7, 11) is 0. The SMILES string of the molecule is NCCCC[C@H](NC(=O)N[C@@H](Cc1ccc(O)cc1)C(=O)N[C@@H](CC(=O)O)C(O)N[C@@H](Cc1c[nH]c2ccccc12)C(=O)O)c1nc([C@@H](N)Cc2ccc(O)cc2)no1. The van der Waals surface area contributed by atoms with Gasteiger partial charge >= 0.3 is 18.0 Å². The Morgan fingerprint density at radius 1 is 0.814 bits per heavy atom. The topological polar surface area (TPSA) is 324 Å². The minimum Gasteiger partial charge on any atom is -0.508 e. The first-order valence-corrected chi connectivity index (χ1v) is 19.0. The number of carbonyl (C=O) groups is 4. The molecule has 19 nitrogen and oxygen atoms in total. The lowest BCUT2D eigenvalue weighted by atomic mass is 10.0. The fourth-order valence-electron chi connectivity index (χ4n) is 6.48. The molecule has 0 spiro atoms. The molecule has 0 radical (unpaired) electrons. The van der Waals surface area contributed by atoms with Crippen LogP contribution < -0.4 is 32.7 Å². The number of amides is 3. The van der Waals surface area contributed by atoms with Crippen molar-refractivity contribution in [3.63, 3.8) is 0 Å². The first kappa shape index (κ1) is 43.6. The molecule has 0 fully saturated rings. The van der Waals surface area contributed by atoms with Crippen molar-refractivity contribution in [3.8, 4) is 11.5 Å². The van der Waals surface area contributed by atoms with Gasteiger partial charge in [-0.3, -0.25) is 19.7 Å². The van der Waals surface area contributed by atoms with Crippen LogP contribution in [0.1, 0.15) is 66.2 Å². The summed E-state index contributed by atoms with van der Waals surface area (Å²) in [6.45, 7) is 0.384. The number of benzene rings is 3. The van der Waals surface area contributed by atoms with Gasteiger partial charge in [0.1, 0.15) is 35.9 Å². The molecule has 2 aromatic heterocycles. The van der Waals surface area contributed by atoms with Gasteiger partial charge in [0.2, 0.25) is 11.8 Å². The molecule has 0 saturated heterocycles. The third kappa shape index (κ3) is 12.7. The molecule has 5 aromatic rings. The van der Waals surface area contributed by atoms with Gasteiger partial charge in [0.15, 0.2) is 5.82 Å². The van der Waals surface area contributed by atoms with Crippen molar-refractivity contribution in [1.29, 1.82) is 0 Å². The highest BCUT2D eigenvalue weighted by molar-refractivity contribution is 5.88. The number of aliphatic hydroxyl groups is 1. The Balaban J connectivity index is 1.32. The zero-order valence-corrected chi connectivity index (χ0v) is 32.0. The summed E-state index contributed by atoms with van der Waals surface area (Å²) in [5.41, 5.74) is 14.8. The summed E-state index contributed by atoms with van der Waals surface area (Å²) in [4.78, 5) is 59.4. The van der Waals surface area contributed by atoms with Crippen molar-refractivity contribution in [1.82, 2.24) is 36.4 Å². The molecule has 5 rings (SSSR count). The Hall–Kier alpha value is -6.54. The van der Waals surface area contributed by atoms with Gasteiger partial charge in [-0.05, 0) is 79.3 Å². The van der Waals surface area contributed by atoms with E-state index in [1.807, 2.05) is 12.1 Å². The molecular formula is C40H49N9O10. The molecule has 6 atom stereocenters. The summed E-state index contributed by atoms with van der Waals surface area (Å²) >= 11 is 0. The minimum atomic E-state index is -1.86. The second-order valence-corrected chi connectivity index (χ2v) is 14.1. The number of carboxylic acid groups (broad SMARTS) is 2. The van der Waals surface area contributed by atoms with E-state index in [0.717, 1.165) is 16.5 Å². The molecule has 2 heterocycles. The fourth-order valence-corrected chi connectivity index (χ4v) is 6.48. The number of H-pyrrole nitrogens is 1. The molecule has 0 bridgehead atoms. The highest BCUT2D eigenvalue weighted by atomic mass is 16.5. The summed E-state index contributed by atoms with van der Waals surface area (Å²) < 4.78 is 5.52. The number of hydrogen-bond acceptors (Lipinski definition) is 13. The number of nitrogens with one attached hydrogen (secondary N) is 5. The van der Waals surface area contributed by atoms with Crippen molar-refractivity contribution in [2.24, 2.45) is 11.5 Å². The van der Waals surface area contributed by atoms with E-state index in [1.165, 1.54) is 36.4 Å². The van der Waals surface area contributed by atoms with Crippen LogP contribution in [0, 0.1) is 0 Å². The fraction of sp³-hybridized carbons (Fsp3) is 0.350. The number of phenols is 2. The minimum absolute atomic E-state index is 0.0428. The summed E-state index contributed by atoms with van der Waals surface area (Å²) in [6.07, 6.45) is 0.546. The monoisotopic (exact) mass is 815 g/mol. The van der Waals surface area contributed by atoms with Crippen LogP contribution in [0.25, 0.3) is 10.9 Å². The quantitative estimate of drug-likeness (QED) is 0.0350. The van der Waals surface area contributed by atoms with Crippen LogP contribution in [0.3, 0.4) is 0 Å². The van der Waals surface area contributed by atoms with Crippen molar-refractivity contribution in [3.05, 3.63) is 107 Å². The van der Waals surface area contributed by atoms with Gasteiger partial charge < -0.3 is 62.5 Å². The number of urea groups is 1. The number of para-hydroxylation sites is 1. The number of aliphatic hydroxyl groups excluding tert-OH is 1. The molecule has 59 heavy (non-hydrogen) atoms. The molecule has 3 aromatic carbocycles. The summed E-state index contributed by atoms with van der Waals surface area (Å²) in [6, 6.07) is 12.8. The number of rotatable bonds is 22. The van der Waals surface area contributed by atoms with Gasteiger partial charge in [0.25, 0.3) is 0 Å². The second kappa shape index (κ2) is 20.8. The number of aliphatic carboxylic acids is 2. The highest BCUT2D eigenvalue weighted by Gasteiger charge is 2.33. The molecular weight excluding hydrogens is 766 g/mol. The standard InChI is InChI=1S/C40H49N9O10/c41-16-4-3-7-30(38-48-35(49-59-38)28(42)17-22-8-12-25(50)13-9-22)46-40(58)47-31(18-23-10-14-26(51)15-11-23)36(54)44-32(20-34(52)53)37(55)45-33(39(56)57)19-24-21-43-29-6-2-1-5-27(24)29/h1-2,5-6,8-15,21,28,30-33,37,43,45,50-51,55H,3-4,7,16-20,41-42H2,(H,44,54)(H,52,53)(H,56,57)(H2,46,47,58)/t28-,30-,31-,32-,33-,37?/m0/s1. The lowest BCUT2D eigenvalue weighted by molar-refractivity contribution is -0.141. The van der Waals surface area contributed by atoms with E-state index in [2.05, 4.69) is 36.4 Å². The number of fused-ring (bicyclic) bond motifs is 1. The summed E-state index contributed by atoms with van der Waals surface area (Å²) in [5, 5.41) is 65.6. The van der Waals surface area contributed by atoms with Gasteiger partial charge in [-0.25, -0.2) is 4.79 Å². The molecule has 3 amide bonds. The Labute approximate surface area is 338 Å². The number of unbranched alkanes of at least 4 members (excludes halogenated alkanes) is 1. The number of nitrogens with zero attached hydrogens (tertiary/aromatic N) is 2. The highest BCUT2D eigenvalue weighted by Crippen LogP contribution is 2.23. The van der Waals surface area contributed by atoms with Crippen LogP contribution in [-0.2, 0) is 33.6 Å². The number of phenolic OH excluding ortho intramolecular Hbond substituents is 2. The van der Waals surface area contributed by atoms with Crippen molar-refractivity contribution in [2.45, 2.75) is 81.4 Å².